The van der Waals surface area contributed by atoms with E-state index in [4.69, 9.17) is 5.73 Å². The molecule has 0 amide bonds. The molecular weight excluding hydrogens is 296 g/mol. The molecule has 0 aliphatic heterocycles. The number of pyridine rings is 1. The van der Waals surface area contributed by atoms with Crippen LogP contribution >= 0.6 is 0 Å². The number of nitrogens with two attached hydrogens (primary N) is 1. The van der Waals surface area contributed by atoms with Crippen LogP contribution in [0.25, 0.3) is 0 Å². The highest BCUT2D eigenvalue weighted by atomic mass is 32.2. The number of aromatic nitrogens is 1. The minimum atomic E-state index is -3.82. The number of nitrogen functional groups attached to an aromatic ring is 1. The van der Waals surface area contributed by atoms with Crippen molar-refractivity contribution in [3.05, 3.63) is 58.3 Å². The lowest BCUT2D eigenvalue weighted by atomic mass is 10.2. The van der Waals surface area contributed by atoms with E-state index in [0.717, 1.165) is 0 Å². The molecule has 0 spiro atoms. The summed E-state index contributed by atoms with van der Waals surface area (Å²) < 4.78 is 26.4. The Balaban J connectivity index is 2.22. The summed E-state index contributed by atoms with van der Waals surface area (Å²) in [5, 5.41) is 10.9. The molecule has 0 atom stereocenters. The highest BCUT2D eigenvalue weighted by Crippen LogP contribution is 2.18. The standard InChI is InChI=1S/C12H12N4O4S/c13-12-7-10(5-6-14-12)21(19,20)15-8-9-3-1-2-4-11(9)16(17)18/h1-7,15H,8H2,(H2,13,14). The number of para-hydroxylation sites is 1. The Morgan fingerprint density at radius 1 is 1.29 bits per heavy atom. The fourth-order valence-corrected chi connectivity index (χ4v) is 2.72. The Kier molecular flexibility index (Phi) is 4.15. The highest BCUT2D eigenvalue weighted by Gasteiger charge is 2.18. The molecule has 0 saturated carbocycles. The molecule has 2 aromatic rings. The van der Waals surface area contributed by atoms with Crippen LogP contribution in [0.3, 0.4) is 0 Å². The predicted molar refractivity (Wildman–Crippen MR) is 75.8 cm³/mol. The van der Waals surface area contributed by atoms with E-state index in [1.54, 1.807) is 6.07 Å². The summed E-state index contributed by atoms with van der Waals surface area (Å²) in [4.78, 5) is 14.0. The first-order chi connectivity index (χ1) is 9.90. The van der Waals surface area contributed by atoms with Crippen molar-refractivity contribution in [3.8, 4) is 0 Å². The molecule has 1 heterocycles. The van der Waals surface area contributed by atoms with E-state index >= 15 is 0 Å². The maximum atomic E-state index is 12.1. The Labute approximate surface area is 120 Å². The molecule has 0 aliphatic rings. The molecular formula is C12H12N4O4S. The first kappa shape index (κ1) is 14.9. The van der Waals surface area contributed by atoms with Gasteiger partial charge in [-0.15, -0.1) is 0 Å². The second kappa shape index (κ2) is 5.85. The first-order valence-electron chi connectivity index (χ1n) is 5.83. The molecule has 3 N–H and O–H groups in total. The summed E-state index contributed by atoms with van der Waals surface area (Å²) in [5.41, 5.74) is 5.56. The zero-order valence-corrected chi connectivity index (χ0v) is 11.6. The van der Waals surface area contributed by atoms with E-state index in [2.05, 4.69) is 9.71 Å². The topological polar surface area (TPSA) is 128 Å². The van der Waals surface area contributed by atoms with E-state index in [1.165, 1.54) is 36.5 Å². The number of benzene rings is 1. The Morgan fingerprint density at radius 3 is 2.67 bits per heavy atom. The van der Waals surface area contributed by atoms with Gasteiger partial charge in [-0.05, 0) is 6.07 Å². The third kappa shape index (κ3) is 3.52. The van der Waals surface area contributed by atoms with Crippen molar-refractivity contribution in [2.75, 3.05) is 5.73 Å². The molecule has 110 valence electrons. The van der Waals surface area contributed by atoms with E-state index in [0.29, 0.717) is 0 Å². The van der Waals surface area contributed by atoms with Gasteiger partial charge in [0.05, 0.1) is 9.82 Å². The number of anilines is 1. The molecule has 0 fully saturated rings. The van der Waals surface area contributed by atoms with Crippen molar-refractivity contribution in [1.82, 2.24) is 9.71 Å². The third-order valence-corrected chi connectivity index (χ3v) is 4.10. The van der Waals surface area contributed by atoms with Gasteiger partial charge in [0.15, 0.2) is 0 Å². The number of sulfonamides is 1. The van der Waals surface area contributed by atoms with Crippen molar-refractivity contribution in [1.29, 1.82) is 0 Å². The molecule has 1 aromatic heterocycles. The SMILES string of the molecule is Nc1cc(S(=O)(=O)NCc2ccccc2[N+](=O)[O-])ccn1. The van der Waals surface area contributed by atoms with E-state index in [-0.39, 0.29) is 28.5 Å². The molecule has 9 heteroatoms. The highest BCUT2D eigenvalue weighted by molar-refractivity contribution is 7.89. The van der Waals surface area contributed by atoms with E-state index in [9.17, 15) is 18.5 Å². The zero-order chi connectivity index (χ0) is 15.5. The Morgan fingerprint density at radius 2 is 2.00 bits per heavy atom. The molecule has 0 saturated heterocycles. The van der Waals surface area contributed by atoms with Crippen LogP contribution in [-0.4, -0.2) is 18.3 Å². The number of nitro benzene ring substituents is 1. The number of rotatable bonds is 5. The van der Waals surface area contributed by atoms with Crippen molar-refractivity contribution < 1.29 is 13.3 Å². The van der Waals surface area contributed by atoms with Crippen LogP contribution in [0, 0.1) is 10.1 Å². The molecule has 0 aliphatic carbocycles. The van der Waals surface area contributed by atoms with Gasteiger partial charge in [0, 0.05) is 30.4 Å². The largest absolute Gasteiger partial charge is 0.384 e. The van der Waals surface area contributed by atoms with Gasteiger partial charge in [0.1, 0.15) is 5.82 Å². The van der Waals surface area contributed by atoms with Gasteiger partial charge in [-0.1, -0.05) is 18.2 Å². The Hall–Kier alpha value is -2.52. The summed E-state index contributed by atoms with van der Waals surface area (Å²) >= 11 is 0. The van der Waals surface area contributed by atoms with Gasteiger partial charge in [0.2, 0.25) is 10.0 Å². The molecule has 0 unspecified atom stereocenters. The average molecular weight is 308 g/mol. The third-order valence-electron chi connectivity index (χ3n) is 2.70. The zero-order valence-electron chi connectivity index (χ0n) is 10.8. The number of nitrogens with one attached hydrogen (secondary N) is 1. The normalized spacial score (nSPS) is 11.2. The fourth-order valence-electron chi connectivity index (χ4n) is 1.69. The van der Waals surface area contributed by atoms with Crippen molar-refractivity contribution in [3.63, 3.8) is 0 Å². The van der Waals surface area contributed by atoms with Gasteiger partial charge in [-0.2, -0.15) is 0 Å². The van der Waals surface area contributed by atoms with Crippen LogP contribution in [0.1, 0.15) is 5.56 Å². The van der Waals surface area contributed by atoms with Crippen molar-refractivity contribution in [2.45, 2.75) is 11.4 Å². The number of nitrogens with zero attached hydrogens (tertiary/aromatic N) is 2. The second-order valence-electron chi connectivity index (χ2n) is 4.13. The number of hydrogen-bond donors (Lipinski definition) is 2. The number of nitro groups is 1. The monoisotopic (exact) mass is 308 g/mol. The molecule has 0 radical (unpaired) electrons. The number of hydrogen-bond acceptors (Lipinski definition) is 6. The molecule has 0 bridgehead atoms. The lowest BCUT2D eigenvalue weighted by Crippen LogP contribution is -2.23. The van der Waals surface area contributed by atoms with Crippen molar-refractivity contribution in [2.24, 2.45) is 0 Å². The van der Waals surface area contributed by atoms with Gasteiger partial charge in [-0.25, -0.2) is 18.1 Å². The minimum absolute atomic E-state index is 0.0476. The molecule has 2 rings (SSSR count). The Bertz CT molecular complexity index is 776. The summed E-state index contributed by atoms with van der Waals surface area (Å²) in [6.07, 6.45) is 1.27. The van der Waals surface area contributed by atoms with Crippen LogP contribution in [0.4, 0.5) is 11.5 Å². The maximum absolute atomic E-state index is 12.1. The second-order valence-corrected chi connectivity index (χ2v) is 5.89. The van der Waals surface area contributed by atoms with Gasteiger partial charge >= 0.3 is 0 Å². The summed E-state index contributed by atoms with van der Waals surface area (Å²) in [6.45, 7) is -0.193. The molecule has 21 heavy (non-hydrogen) atoms. The average Bonchev–Trinajstić information content (AvgIpc) is 2.45. The predicted octanol–water partition coefficient (Wildman–Crippen LogP) is 1.05. The minimum Gasteiger partial charge on any atom is -0.384 e. The van der Waals surface area contributed by atoms with Gasteiger partial charge in [-0.3, -0.25) is 10.1 Å². The van der Waals surface area contributed by atoms with Gasteiger partial charge < -0.3 is 5.73 Å². The molecule has 1 aromatic carbocycles. The van der Waals surface area contributed by atoms with Crippen LogP contribution in [-0.2, 0) is 16.6 Å². The van der Waals surface area contributed by atoms with E-state index < -0.39 is 14.9 Å². The smallest absolute Gasteiger partial charge is 0.273 e. The van der Waals surface area contributed by atoms with Crippen LogP contribution in [0.2, 0.25) is 0 Å². The summed E-state index contributed by atoms with van der Waals surface area (Å²) in [5.74, 6) is 0.0727. The lowest BCUT2D eigenvalue weighted by molar-refractivity contribution is -0.385. The fraction of sp³-hybridized carbons (Fsp3) is 0.0833. The van der Waals surface area contributed by atoms with E-state index in [1.807, 2.05) is 0 Å². The van der Waals surface area contributed by atoms with Gasteiger partial charge in [0.25, 0.3) is 5.69 Å². The quantitative estimate of drug-likeness (QED) is 0.627. The first-order valence-corrected chi connectivity index (χ1v) is 7.32. The lowest BCUT2D eigenvalue weighted by Gasteiger charge is -2.07. The van der Waals surface area contributed by atoms with Crippen molar-refractivity contribution >= 4 is 21.5 Å². The maximum Gasteiger partial charge on any atom is 0.273 e. The van der Waals surface area contributed by atoms with Crippen LogP contribution < -0.4 is 10.5 Å². The summed E-state index contributed by atoms with van der Waals surface area (Å²) in [7, 11) is -3.82. The van der Waals surface area contributed by atoms with Crippen LogP contribution in [0.15, 0.2) is 47.5 Å². The summed E-state index contributed by atoms with van der Waals surface area (Å²) in [6, 6.07) is 8.41. The molecule has 8 nitrogen and oxygen atoms in total. The van der Waals surface area contributed by atoms with Crippen LogP contribution in [0.5, 0.6) is 0 Å².